The predicted octanol–water partition coefficient (Wildman–Crippen LogP) is 3.33. The van der Waals surface area contributed by atoms with E-state index in [4.69, 9.17) is 5.73 Å². The standard InChI is InChI=1S/C24H21F2N5O2/c25-15-9-7-14(8-10-15)20-12-21(31-30-20)23-18(4-2-5-19(23)26)24(33)29-17(13-32)11-16-3-1-6-22(27)28-16/h1-10,12,17,32H,11,13H2,(H2,27,28)(H,29,33)(H,30,31)/t17-/m1/s1. The van der Waals surface area contributed by atoms with Gasteiger partial charge in [-0.2, -0.15) is 5.10 Å². The molecule has 5 N–H and O–H groups in total. The normalized spacial score (nSPS) is 11.8. The Bertz CT molecular complexity index is 1270. The summed E-state index contributed by atoms with van der Waals surface area (Å²) < 4.78 is 28.0. The van der Waals surface area contributed by atoms with Gasteiger partial charge in [0.25, 0.3) is 5.91 Å². The maximum Gasteiger partial charge on any atom is 0.252 e. The highest BCUT2D eigenvalue weighted by atomic mass is 19.1. The third kappa shape index (κ3) is 5.04. The lowest BCUT2D eigenvalue weighted by atomic mass is 10.0. The van der Waals surface area contributed by atoms with Crippen molar-refractivity contribution >= 4 is 11.7 Å². The van der Waals surface area contributed by atoms with Crippen LogP contribution in [-0.2, 0) is 6.42 Å². The molecule has 2 aromatic heterocycles. The molecule has 4 aromatic rings. The van der Waals surface area contributed by atoms with Gasteiger partial charge in [-0.25, -0.2) is 13.8 Å². The fourth-order valence-corrected chi connectivity index (χ4v) is 3.49. The Balaban J connectivity index is 1.60. The van der Waals surface area contributed by atoms with Gasteiger partial charge in [-0.3, -0.25) is 9.89 Å². The van der Waals surface area contributed by atoms with Crippen molar-refractivity contribution in [3.8, 4) is 22.5 Å². The van der Waals surface area contributed by atoms with Gasteiger partial charge in [0.15, 0.2) is 0 Å². The molecule has 0 saturated heterocycles. The molecule has 0 aliphatic carbocycles. The molecular formula is C24H21F2N5O2. The average molecular weight is 449 g/mol. The van der Waals surface area contributed by atoms with Crippen LogP contribution in [0, 0.1) is 11.6 Å². The largest absolute Gasteiger partial charge is 0.394 e. The number of nitrogens with two attached hydrogens (primary N) is 1. The molecule has 0 saturated carbocycles. The second kappa shape index (κ2) is 9.58. The number of hydrogen-bond acceptors (Lipinski definition) is 5. The van der Waals surface area contributed by atoms with Crippen LogP contribution in [0.5, 0.6) is 0 Å². The highest BCUT2D eigenvalue weighted by Gasteiger charge is 2.21. The zero-order chi connectivity index (χ0) is 23.4. The molecule has 33 heavy (non-hydrogen) atoms. The van der Waals surface area contributed by atoms with Gasteiger partial charge in [0.05, 0.1) is 29.6 Å². The van der Waals surface area contributed by atoms with Crippen LogP contribution < -0.4 is 11.1 Å². The maximum absolute atomic E-state index is 14.8. The molecule has 2 aromatic carbocycles. The first-order valence-corrected chi connectivity index (χ1v) is 10.2. The van der Waals surface area contributed by atoms with Crippen LogP contribution >= 0.6 is 0 Å². The van der Waals surface area contributed by atoms with Crippen LogP contribution in [0.15, 0.2) is 66.7 Å². The summed E-state index contributed by atoms with van der Waals surface area (Å²) in [4.78, 5) is 17.2. The number of hydrogen-bond donors (Lipinski definition) is 4. The van der Waals surface area contributed by atoms with E-state index in [9.17, 15) is 18.7 Å². The van der Waals surface area contributed by atoms with Crippen molar-refractivity contribution in [2.24, 2.45) is 0 Å². The number of anilines is 1. The smallest absolute Gasteiger partial charge is 0.252 e. The lowest BCUT2D eigenvalue weighted by Gasteiger charge is -2.17. The van der Waals surface area contributed by atoms with Crippen molar-refractivity contribution in [3.05, 3.63) is 89.6 Å². The minimum atomic E-state index is -0.653. The number of nitrogens with one attached hydrogen (secondary N) is 2. The van der Waals surface area contributed by atoms with Crippen LogP contribution in [0.25, 0.3) is 22.5 Å². The second-order valence-electron chi connectivity index (χ2n) is 7.45. The first-order chi connectivity index (χ1) is 15.9. The number of benzene rings is 2. The highest BCUT2D eigenvalue weighted by Crippen LogP contribution is 2.29. The molecule has 9 heteroatoms. The molecule has 0 spiro atoms. The fourth-order valence-electron chi connectivity index (χ4n) is 3.49. The number of aliphatic hydroxyl groups is 1. The number of aromatic nitrogens is 3. The number of carbonyl (C=O) groups is 1. The molecule has 168 valence electrons. The van der Waals surface area contributed by atoms with Crippen LogP contribution in [0.4, 0.5) is 14.6 Å². The molecule has 0 fully saturated rings. The molecule has 0 bridgehead atoms. The monoisotopic (exact) mass is 449 g/mol. The average Bonchev–Trinajstić information content (AvgIpc) is 3.28. The van der Waals surface area contributed by atoms with Gasteiger partial charge in [-0.15, -0.1) is 0 Å². The number of rotatable bonds is 7. The Morgan fingerprint density at radius 3 is 2.58 bits per heavy atom. The van der Waals surface area contributed by atoms with Crippen LogP contribution in [0.1, 0.15) is 16.1 Å². The summed E-state index contributed by atoms with van der Waals surface area (Å²) in [5.41, 5.74) is 7.80. The molecule has 1 atom stereocenters. The zero-order valence-corrected chi connectivity index (χ0v) is 17.4. The third-order valence-electron chi connectivity index (χ3n) is 5.08. The molecule has 1 amide bonds. The van der Waals surface area contributed by atoms with Gasteiger partial charge in [0.2, 0.25) is 0 Å². The summed E-state index contributed by atoms with van der Waals surface area (Å²) in [5, 5.41) is 19.4. The van der Waals surface area contributed by atoms with E-state index in [0.717, 1.165) is 0 Å². The van der Waals surface area contributed by atoms with E-state index in [2.05, 4.69) is 20.5 Å². The molecule has 0 radical (unpaired) electrons. The Morgan fingerprint density at radius 2 is 1.85 bits per heavy atom. The number of pyridine rings is 1. The molecule has 2 heterocycles. The van der Waals surface area contributed by atoms with E-state index in [1.165, 1.54) is 30.3 Å². The van der Waals surface area contributed by atoms with Crippen molar-refractivity contribution < 1.29 is 18.7 Å². The van der Waals surface area contributed by atoms with Gasteiger partial charge >= 0.3 is 0 Å². The van der Waals surface area contributed by atoms with Crippen LogP contribution in [-0.4, -0.2) is 38.8 Å². The molecule has 0 aliphatic heterocycles. The maximum atomic E-state index is 14.8. The summed E-state index contributed by atoms with van der Waals surface area (Å²) in [6.07, 6.45) is 0.247. The Labute approximate surface area is 188 Å². The van der Waals surface area contributed by atoms with E-state index in [1.54, 1.807) is 36.4 Å². The minimum Gasteiger partial charge on any atom is -0.394 e. The summed E-state index contributed by atoms with van der Waals surface area (Å²) in [6.45, 7) is -0.342. The topological polar surface area (TPSA) is 117 Å². The Kier molecular flexibility index (Phi) is 6.41. The van der Waals surface area contributed by atoms with Crippen molar-refractivity contribution in [2.45, 2.75) is 12.5 Å². The lowest BCUT2D eigenvalue weighted by Crippen LogP contribution is -2.39. The van der Waals surface area contributed by atoms with E-state index in [-0.39, 0.29) is 35.7 Å². The van der Waals surface area contributed by atoms with Crippen molar-refractivity contribution in [1.82, 2.24) is 20.5 Å². The first-order valence-electron chi connectivity index (χ1n) is 10.2. The number of H-pyrrole nitrogens is 1. The quantitative estimate of drug-likeness (QED) is 0.345. The number of carbonyl (C=O) groups excluding carboxylic acids is 1. The molecule has 7 nitrogen and oxygen atoms in total. The highest BCUT2D eigenvalue weighted by molar-refractivity contribution is 6.01. The number of aliphatic hydroxyl groups excluding tert-OH is 1. The van der Waals surface area contributed by atoms with Crippen molar-refractivity contribution in [1.29, 1.82) is 0 Å². The van der Waals surface area contributed by atoms with Gasteiger partial charge in [0.1, 0.15) is 17.5 Å². The molecular weight excluding hydrogens is 428 g/mol. The van der Waals surface area contributed by atoms with Gasteiger partial charge < -0.3 is 16.2 Å². The zero-order valence-electron chi connectivity index (χ0n) is 17.4. The number of nitrogen functional groups attached to an aromatic ring is 1. The second-order valence-corrected chi connectivity index (χ2v) is 7.45. The third-order valence-corrected chi connectivity index (χ3v) is 5.08. The number of aromatic amines is 1. The van der Waals surface area contributed by atoms with E-state index >= 15 is 0 Å². The number of nitrogens with zero attached hydrogens (tertiary/aromatic N) is 2. The number of halogens is 2. The molecule has 0 unspecified atom stereocenters. The van der Waals surface area contributed by atoms with Gasteiger partial charge in [-0.1, -0.05) is 12.1 Å². The summed E-state index contributed by atoms with van der Waals surface area (Å²) in [5.74, 6) is -1.23. The van der Waals surface area contributed by atoms with Crippen LogP contribution in [0.3, 0.4) is 0 Å². The minimum absolute atomic E-state index is 0.0367. The summed E-state index contributed by atoms with van der Waals surface area (Å²) in [7, 11) is 0. The van der Waals surface area contributed by atoms with E-state index < -0.39 is 17.8 Å². The number of amides is 1. The first kappa shape index (κ1) is 22.1. The Morgan fingerprint density at radius 1 is 1.09 bits per heavy atom. The van der Waals surface area contributed by atoms with Gasteiger partial charge in [0, 0.05) is 23.2 Å². The van der Waals surface area contributed by atoms with Crippen molar-refractivity contribution in [3.63, 3.8) is 0 Å². The summed E-state index contributed by atoms with van der Waals surface area (Å²) in [6, 6.07) is 15.9. The SMILES string of the molecule is Nc1cccc(C[C@H](CO)NC(=O)c2cccc(F)c2-c2cc(-c3ccc(F)cc3)n[nH]2)n1. The lowest BCUT2D eigenvalue weighted by molar-refractivity contribution is 0.0916. The van der Waals surface area contributed by atoms with E-state index in [1.807, 2.05) is 0 Å². The fraction of sp³-hybridized carbons (Fsp3) is 0.125. The van der Waals surface area contributed by atoms with Gasteiger partial charge in [-0.05, 0) is 54.6 Å². The van der Waals surface area contributed by atoms with Crippen LogP contribution in [0.2, 0.25) is 0 Å². The molecule has 4 rings (SSSR count). The molecule has 0 aliphatic rings. The van der Waals surface area contributed by atoms with E-state index in [0.29, 0.717) is 22.8 Å². The summed E-state index contributed by atoms with van der Waals surface area (Å²) >= 11 is 0. The Hall–Kier alpha value is -4.11. The predicted molar refractivity (Wildman–Crippen MR) is 120 cm³/mol. The van der Waals surface area contributed by atoms with Crippen molar-refractivity contribution in [2.75, 3.05) is 12.3 Å².